The molecule has 0 radical (unpaired) electrons. The second-order valence-corrected chi connectivity index (χ2v) is 8.92. The highest BCUT2D eigenvalue weighted by Crippen LogP contribution is 2.35. The number of carbonyl (C=O) groups is 3. The molecular weight excluding hydrogens is 515 g/mol. The predicted octanol–water partition coefficient (Wildman–Crippen LogP) is 1.01. The minimum absolute atomic E-state index is 0.0196. The van der Waals surface area contributed by atoms with Gasteiger partial charge in [-0.15, -0.1) is 11.3 Å². The van der Waals surface area contributed by atoms with Gasteiger partial charge in [0.1, 0.15) is 11.7 Å². The number of nitrogens with zero attached hydrogens (tertiary/aromatic N) is 5. The largest absolute Gasteiger partial charge is 0.479 e. The van der Waals surface area contributed by atoms with Crippen LogP contribution >= 0.6 is 22.9 Å². The number of nitrogen functional groups attached to an aromatic ring is 1. The average molecular weight is 531 g/mol. The lowest BCUT2D eigenvalue weighted by Crippen LogP contribution is -2.52. The highest BCUT2D eigenvalue weighted by molar-refractivity contribution is 7.13. The van der Waals surface area contributed by atoms with Crippen molar-refractivity contribution >= 4 is 57.8 Å². The van der Waals surface area contributed by atoms with Gasteiger partial charge in [-0.3, -0.25) is 4.57 Å². The number of thiazole rings is 1. The molecule has 186 valence electrons. The van der Waals surface area contributed by atoms with E-state index in [1.165, 1.54) is 10.9 Å². The highest BCUT2D eigenvalue weighted by Gasteiger charge is 2.50. The number of aliphatic carboxylic acids is 2. The van der Waals surface area contributed by atoms with Gasteiger partial charge in [0.15, 0.2) is 17.7 Å². The fraction of sp³-hybridized carbons (Fsp3) is 0.389. The lowest BCUT2D eigenvalue weighted by Gasteiger charge is -2.26. The zero-order chi connectivity index (χ0) is 25.5. The lowest BCUT2D eigenvalue weighted by molar-refractivity contribution is -0.188. The molecular formula is C18H16ClFN6O8S. The van der Waals surface area contributed by atoms with Crippen LogP contribution in [0.3, 0.4) is 0 Å². The van der Waals surface area contributed by atoms with Crippen LogP contribution in [-0.4, -0.2) is 82.2 Å². The minimum atomic E-state index is -2.79. The van der Waals surface area contributed by atoms with E-state index in [1.807, 2.05) is 0 Å². The Morgan fingerprint density at radius 1 is 1.29 bits per heavy atom. The first-order chi connectivity index (χ1) is 16.5. The summed E-state index contributed by atoms with van der Waals surface area (Å²) in [5, 5.41) is 27.8. The Hall–Kier alpha value is -3.47. The van der Waals surface area contributed by atoms with Gasteiger partial charge in [-0.25, -0.2) is 28.7 Å². The molecule has 0 aromatic carbocycles. The van der Waals surface area contributed by atoms with Crippen molar-refractivity contribution in [1.82, 2.24) is 24.5 Å². The molecule has 0 bridgehead atoms. The number of alkyl halides is 1. The van der Waals surface area contributed by atoms with Crippen molar-refractivity contribution in [3.05, 3.63) is 27.7 Å². The SMILES string of the molecule is Nc1nc(Cl)nc2c1ncn2C1OC(COC(Cc2cnc(C(=O)O)s2)(C(=O)O)C(=O)O)CC1F. The maximum Gasteiger partial charge on any atom is 0.365 e. The summed E-state index contributed by atoms with van der Waals surface area (Å²) in [5.74, 6) is -5.03. The molecule has 3 aromatic heterocycles. The van der Waals surface area contributed by atoms with Gasteiger partial charge in [-0.05, 0) is 11.6 Å². The first kappa shape index (κ1) is 24.6. The van der Waals surface area contributed by atoms with Gasteiger partial charge >= 0.3 is 17.9 Å². The van der Waals surface area contributed by atoms with Crippen molar-refractivity contribution in [2.75, 3.05) is 12.3 Å². The van der Waals surface area contributed by atoms with Crippen LogP contribution in [-0.2, 0) is 25.5 Å². The summed E-state index contributed by atoms with van der Waals surface area (Å²) in [5.41, 5.74) is 3.25. The summed E-state index contributed by atoms with van der Waals surface area (Å²) in [6.45, 7) is -0.593. The number of ether oxygens (including phenoxy) is 2. The number of aromatic nitrogens is 5. The van der Waals surface area contributed by atoms with E-state index in [4.69, 9.17) is 31.9 Å². The molecule has 3 atom stereocenters. The molecule has 35 heavy (non-hydrogen) atoms. The summed E-state index contributed by atoms with van der Waals surface area (Å²) in [6.07, 6.45) is -2.56. The Bertz CT molecular complexity index is 1300. The topological polar surface area (TPSA) is 213 Å². The molecule has 4 rings (SSSR count). The van der Waals surface area contributed by atoms with Gasteiger partial charge in [0, 0.05) is 23.9 Å². The van der Waals surface area contributed by atoms with Crippen molar-refractivity contribution < 1.29 is 43.6 Å². The maximum absolute atomic E-state index is 14.9. The number of anilines is 1. The second kappa shape index (κ2) is 9.29. The van der Waals surface area contributed by atoms with E-state index in [0.29, 0.717) is 11.3 Å². The van der Waals surface area contributed by atoms with Gasteiger partial charge in [0.25, 0.3) is 5.60 Å². The van der Waals surface area contributed by atoms with Crippen molar-refractivity contribution in [1.29, 1.82) is 0 Å². The van der Waals surface area contributed by atoms with Gasteiger partial charge in [0.2, 0.25) is 10.3 Å². The lowest BCUT2D eigenvalue weighted by atomic mass is 9.99. The third-order valence-corrected chi connectivity index (χ3v) is 6.35. The van der Waals surface area contributed by atoms with E-state index in [-0.39, 0.29) is 38.6 Å². The van der Waals surface area contributed by atoms with Crippen molar-refractivity contribution in [2.24, 2.45) is 0 Å². The highest BCUT2D eigenvalue weighted by atomic mass is 35.5. The third kappa shape index (κ3) is 4.60. The number of nitrogens with two attached hydrogens (primary N) is 1. The molecule has 1 fully saturated rings. The monoisotopic (exact) mass is 530 g/mol. The van der Waals surface area contributed by atoms with Crippen LogP contribution in [0.2, 0.25) is 5.28 Å². The quantitative estimate of drug-likeness (QED) is 0.225. The predicted molar refractivity (Wildman–Crippen MR) is 115 cm³/mol. The van der Waals surface area contributed by atoms with Gasteiger partial charge in [-0.2, -0.15) is 9.97 Å². The molecule has 17 heteroatoms. The van der Waals surface area contributed by atoms with Crippen molar-refractivity contribution in [3.63, 3.8) is 0 Å². The molecule has 3 unspecified atom stereocenters. The molecule has 0 spiro atoms. The second-order valence-electron chi connectivity index (χ2n) is 7.46. The van der Waals surface area contributed by atoms with Crippen LogP contribution in [0.4, 0.5) is 10.2 Å². The fourth-order valence-corrected chi connectivity index (χ4v) is 4.53. The number of imidazole rings is 1. The van der Waals surface area contributed by atoms with Crippen LogP contribution < -0.4 is 5.73 Å². The van der Waals surface area contributed by atoms with Crippen LogP contribution in [0.25, 0.3) is 11.2 Å². The van der Waals surface area contributed by atoms with E-state index in [1.54, 1.807) is 0 Å². The standard InChI is InChI=1S/C18H16ClFN6O8S/c19-17-24-10(21)9-11(25-17)26(5-23-9)13-8(20)1-6(34-13)4-33-18(15(29)30,16(31)32)2-7-3-22-12(35-7)14(27)28/h3,5-6,8,13H,1-2,4H2,(H,27,28)(H,29,30)(H,31,32)(H2,21,24,25). The summed E-state index contributed by atoms with van der Waals surface area (Å²) in [7, 11) is 0. The Morgan fingerprint density at radius 2 is 2.00 bits per heavy atom. The van der Waals surface area contributed by atoms with Crippen molar-refractivity contribution in [2.45, 2.75) is 36.9 Å². The van der Waals surface area contributed by atoms with Crippen LogP contribution in [0, 0.1) is 0 Å². The zero-order valence-corrected chi connectivity index (χ0v) is 18.9. The van der Waals surface area contributed by atoms with E-state index < -0.39 is 55.0 Å². The van der Waals surface area contributed by atoms with E-state index in [0.717, 1.165) is 6.20 Å². The van der Waals surface area contributed by atoms with Crippen LogP contribution in [0.1, 0.15) is 27.3 Å². The first-order valence-electron chi connectivity index (χ1n) is 9.75. The Balaban J connectivity index is 1.52. The molecule has 1 aliphatic heterocycles. The number of carboxylic acids is 3. The molecule has 1 aliphatic rings. The summed E-state index contributed by atoms with van der Waals surface area (Å²) in [6, 6.07) is 0. The smallest absolute Gasteiger partial charge is 0.365 e. The maximum atomic E-state index is 14.9. The fourth-order valence-electron chi connectivity index (χ4n) is 3.54. The van der Waals surface area contributed by atoms with E-state index in [9.17, 15) is 29.0 Å². The Labute approximate surface area is 203 Å². The number of carboxylic acid groups (broad SMARTS) is 3. The zero-order valence-electron chi connectivity index (χ0n) is 17.4. The molecule has 3 aromatic rings. The van der Waals surface area contributed by atoms with Crippen LogP contribution in [0.5, 0.6) is 0 Å². The van der Waals surface area contributed by atoms with E-state index in [2.05, 4.69) is 19.9 Å². The molecule has 0 aliphatic carbocycles. The average Bonchev–Trinajstić information content (AvgIpc) is 3.49. The Morgan fingerprint density at radius 3 is 2.63 bits per heavy atom. The summed E-state index contributed by atoms with van der Waals surface area (Å²) >= 11 is 6.44. The molecule has 0 saturated carbocycles. The van der Waals surface area contributed by atoms with Gasteiger partial charge in [-0.1, -0.05) is 0 Å². The molecule has 14 nitrogen and oxygen atoms in total. The number of halogens is 2. The summed E-state index contributed by atoms with van der Waals surface area (Å²) < 4.78 is 27.1. The van der Waals surface area contributed by atoms with Gasteiger partial charge in [0.05, 0.1) is 19.0 Å². The molecule has 1 saturated heterocycles. The van der Waals surface area contributed by atoms with Crippen LogP contribution in [0.15, 0.2) is 12.5 Å². The number of hydrogen-bond donors (Lipinski definition) is 4. The van der Waals surface area contributed by atoms with Gasteiger partial charge < -0.3 is 30.5 Å². The van der Waals surface area contributed by atoms with Crippen molar-refractivity contribution in [3.8, 4) is 0 Å². The first-order valence-corrected chi connectivity index (χ1v) is 10.9. The molecule has 0 amide bonds. The molecule has 4 heterocycles. The molecule has 5 N–H and O–H groups in total. The number of fused-ring (bicyclic) bond motifs is 1. The van der Waals surface area contributed by atoms with E-state index >= 15 is 0 Å². The summed E-state index contributed by atoms with van der Waals surface area (Å²) in [4.78, 5) is 50.3. The number of hydrogen-bond acceptors (Lipinski definition) is 11. The number of rotatable bonds is 9. The Kier molecular flexibility index (Phi) is 6.54. The minimum Gasteiger partial charge on any atom is -0.479 e. The number of aromatic carboxylic acids is 1. The third-order valence-electron chi connectivity index (χ3n) is 5.19. The normalized spacial score (nSPS) is 20.3.